The maximum absolute atomic E-state index is 10.7. The summed E-state index contributed by atoms with van der Waals surface area (Å²) >= 11 is 0. The van der Waals surface area contributed by atoms with Crippen LogP contribution in [0.4, 0.5) is 0 Å². The van der Waals surface area contributed by atoms with Crippen molar-refractivity contribution in [3.8, 4) is 0 Å². The Morgan fingerprint density at radius 1 is 1.47 bits per heavy atom. The number of hydrogen-bond donors (Lipinski definition) is 1. The molecule has 0 spiro atoms. The molecule has 0 aromatic heterocycles. The van der Waals surface area contributed by atoms with Crippen molar-refractivity contribution >= 4 is 5.97 Å². The predicted octanol–water partition coefficient (Wildman–Crippen LogP) is 2.22. The average Bonchev–Trinajstić information content (AvgIpc) is 2.60. The molecule has 1 aliphatic rings. The lowest BCUT2D eigenvalue weighted by atomic mass is 10.1. The lowest BCUT2D eigenvalue weighted by Crippen LogP contribution is -2.24. The van der Waals surface area contributed by atoms with Crippen LogP contribution in [0.5, 0.6) is 0 Å². The number of aliphatic carboxylic acids is 1. The first-order valence-corrected chi connectivity index (χ1v) is 6.04. The number of carboxylic acids is 1. The van der Waals surface area contributed by atoms with Gasteiger partial charge in [0.1, 0.15) is 0 Å². The first-order valence-electron chi connectivity index (χ1n) is 6.04. The SMILES string of the molecule is CC(C)CCCCN1CCC(C(=O)O)C1. The Bertz CT molecular complexity index is 204. The zero-order valence-electron chi connectivity index (χ0n) is 9.91. The van der Waals surface area contributed by atoms with Gasteiger partial charge in [-0.1, -0.05) is 26.7 Å². The molecular formula is C12H23NO2. The van der Waals surface area contributed by atoms with Gasteiger partial charge in [0.2, 0.25) is 0 Å². The predicted molar refractivity (Wildman–Crippen MR) is 60.9 cm³/mol. The van der Waals surface area contributed by atoms with Crippen LogP contribution < -0.4 is 0 Å². The lowest BCUT2D eigenvalue weighted by Gasteiger charge is -2.15. The summed E-state index contributed by atoms with van der Waals surface area (Å²) in [6.45, 7) is 7.30. The van der Waals surface area contributed by atoms with E-state index in [-0.39, 0.29) is 5.92 Å². The molecule has 3 heteroatoms. The summed E-state index contributed by atoms with van der Waals surface area (Å²) in [6.07, 6.45) is 4.60. The molecule has 0 aliphatic carbocycles. The summed E-state index contributed by atoms with van der Waals surface area (Å²) in [5, 5.41) is 8.85. The molecule has 1 fully saturated rings. The Labute approximate surface area is 92.5 Å². The highest BCUT2D eigenvalue weighted by molar-refractivity contribution is 5.70. The summed E-state index contributed by atoms with van der Waals surface area (Å²) in [5.41, 5.74) is 0. The molecule has 1 unspecified atom stereocenters. The Hall–Kier alpha value is -0.570. The molecule has 1 atom stereocenters. The van der Waals surface area contributed by atoms with Crippen LogP contribution in [0.2, 0.25) is 0 Å². The molecule has 1 N–H and O–H groups in total. The second kappa shape index (κ2) is 6.11. The molecule has 0 aromatic carbocycles. The highest BCUT2D eigenvalue weighted by Gasteiger charge is 2.27. The first-order chi connectivity index (χ1) is 7.09. The standard InChI is InChI=1S/C12H23NO2/c1-10(2)5-3-4-7-13-8-6-11(9-13)12(14)15/h10-11H,3-9H2,1-2H3,(H,14,15). The fourth-order valence-electron chi connectivity index (χ4n) is 2.13. The van der Waals surface area contributed by atoms with E-state index in [4.69, 9.17) is 5.11 Å². The minimum absolute atomic E-state index is 0.116. The van der Waals surface area contributed by atoms with E-state index in [0.29, 0.717) is 0 Å². The zero-order valence-corrected chi connectivity index (χ0v) is 9.91. The Morgan fingerprint density at radius 2 is 2.20 bits per heavy atom. The normalized spacial score (nSPS) is 22.5. The number of rotatable bonds is 6. The van der Waals surface area contributed by atoms with Crippen molar-refractivity contribution in [3.63, 3.8) is 0 Å². The lowest BCUT2D eigenvalue weighted by molar-refractivity contribution is -0.141. The Kier molecular flexibility index (Phi) is 5.09. The molecule has 0 amide bonds. The van der Waals surface area contributed by atoms with Crippen LogP contribution in [-0.2, 0) is 4.79 Å². The number of carboxylic acid groups (broad SMARTS) is 1. The molecule has 1 aliphatic heterocycles. The van der Waals surface area contributed by atoms with Crippen molar-refractivity contribution < 1.29 is 9.90 Å². The molecule has 1 rings (SSSR count). The van der Waals surface area contributed by atoms with Crippen molar-refractivity contribution in [1.82, 2.24) is 4.90 Å². The monoisotopic (exact) mass is 213 g/mol. The van der Waals surface area contributed by atoms with Gasteiger partial charge in [-0.25, -0.2) is 0 Å². The number of nitrogens with zero attached hydrogens (tertiary/aromatic N) is 1. The van der Waals surface area contributed by atoms with Crippen molar-refractivity contribution in [1.29, 1.82) is 0 Å². The van der Waals surface area contributed by atoms with Gasteiger partial charge < -0.3 is 10.0 Å². The molecule has 15 heavy (non-hydrogen) atoms. The Morgan fingerprint density at radius 3 is 2.73 bits per heavy atom. The van der Waals surface area contributed by atoms with Crippen LogP contribution in [0, 0.1) is 11.8 Å². The van der Waals surface area contributed by atoms with Crippen LogP contribution in [-0.4, -0.2) is 35.6 Å². The minimum Gasteiger partial charge on any atom is -0.481 e. The maximum Gasteiger partial charge on any atom is 0.307 e. The minimum atomic E-state index is -0.625. The molecule has 3 nitrogen and oxygen atoms in total. The van der Waals surface area contributed by atoms with Gasteiger partial charge in [0.05, 0.1) is 5.92 Å². The van der Waals surface area contributed by atoms with E-state index < -0.39 is 5.97 Å². The van der Waals surface area contributed by atoms with Crippen molar-refractivity contribution in [2.24, 2.45) is 11.8 Å². The summed E-state index contributed by atoms with van der Waals surface area (Å²) in [5.74, 6) is 0.0464. The van der Waals surface area contributed by atoms with Gasteiger partial charge in [-0.3, -0.25) is 4.79 Å². The average molecular weight is 213 g/mol. The Balaban J connectivity index is 2.06. The molecular weight excluding hydrogens is 190 g/mol. The maximum atomic E-state index is 10.7. The highest BCUT2D eigenvalue weighted by atomic mass is 16.4. The van der Waals surface area contributed by atoms with Gasteiger partial charge >= 0.3 is 5.97 Å². The van der Waals surface area contributed by atoms with E-state index in [9.17, 15) is 4.79 Å². The second-order valence-corrected chi connectivity index (χ2v) is 5.01. The topological polar surface area (TPSA) is 40.5 Å². The van der Waals surface area contributed by atoms with Gasteiger partial charge in [-0.05, 0) is 31.8 Å². The summed E-state index contributed by atoms with van der Waals surface area (Å²) < 4.78 is 0. The van der Waals surface area contributed by atoms with E-state index in [1.54, 1.807) is 0 Å². The van der Waals surface area contributed by atoms with Gasteiger partial charge in [0, 0.05) is 6.54 Å². The van der Waals surface area contributed by atoms with Gasteiger partial charge in [-0.15, -0.1) is 0 Å². The van der Waals surface area contributed by atoms with Crippen LogP contribution in [0.25, 0.3) is 0 Å². The third kappa shape index (κ3) is 4.65. The quantitative estimate of drug-likeness (QED) is 0.688. The van der Waals surface area contributed by atoms with E-state index in [2.05, 4.69) is 18.7 Å². The molecule has 1 heterocycles. The van der Waals surface area contributed by atoms with E-state index in [0.717, 1.165) is 32.0 Å². The van der Waals surface area contributed by atoms with Crippen LogP contribution >= 0.6 is 0 Å². The van der Waals surface area contributed by atoms with E-state index in [1.165, 1.54) is 19.3 Å². The fourth-order valence-corrected chi connectivity index (χ4v) is 2.13. The third-order valence-corrected chi connectivity index (χ3v) is 3.13. The van der Waals surface area contributed by atoms with Gasteiger partial charge in [0.25, 0.3) is 0 Å². The number of carbonyl (C=O) groups is 1. The molecule has 0 aromatic rings. The summed E-state index contributed by atoms with van der Waals surface area (Å²) in [7, 11) is 0. The number of unbranched alkanes of at least 4 members (excludes halogenated alkanes) is 1. The molecule has 1 saturated heterocycles. The molecule has 0 saturated carbocycles. The summed E-state index contributed by atoms with van der Waals surface area (Å²) in [4.78, 5) is 13.0. The largest absolute Gasteiger partial charge is 0.481 e. The van der Waals surface area contributed by atoms with E-state index >= 15 is 0 Å². The molecule has 0 bridgehead atoms. The van der Waals surface area contributed by atoms with Crippen LogP contribution in [0.15, 0.2) is 0 Å². The van der Waals surface area contributed by atoms with Crippen molar-refractivity contribution in [3.05, 3.63) is 0 Å². The van der Waals surface area contributed by atoms with Gasteiger partial charge in [-0.2, -0.15) is 0 Å². The molecule has 0 radical (unpaired) electrons. The molecule has 88 valence electrons. The smallest absolute Gasteiger partial charge is 0.307 e. The zero-order chi connectivity index (χ0) is 11.3. The van der Waals surface area contributed by atoms with Crippen molar-refractivity contribution in [2.75, 3.05) is 19.6 Å². The third-order valence-electron chi connectivity index (χ3n) is 3.13. The van der Waals surface area contributed by atoms with Crippen molar-refractivity contribution in [2.45, 2.75) is 39.5 Å². The second-order valence-electron chi connectivity index (χ2n) is 5.01. The van der Waals surface area contributed by atoms with Crippen LogP contribution in [0.1, 0.15) is 39.5 Å². The van der Waals surface area contributed by atoms with Gasteiger partial charge in [0.15, 0.2) is 0 Å². The van der Waals surface area contributed by atoms with E-state index in [1.807, 2.05) is 0 Å². The number of likely N-dealkylation sites (tertiary alicyclic amines) is 1. The number of hydrogen-bond acceptors (Lipinski definition) is 2. The summed E-state index contributed by atoms with van der Waals surface area (Å²) in [6, 6.07) is 0. The highest BCUT2D eigenvalue weighted by Crippen LogP contribution is 2.17. The fraction of sp³-hybridized carbons (Fsp3) is 0.917. The first kappa shape index (κ1) is 12.5. The van der Waals surface area contributed by atoms with Crippen LogP contribution in [0.3, 0.4) is 0 Å².